The van der Waals surface area contributed by atoms with Crippen LogP contribution >= 0.6 is 0 Å². The van der Waals surface area contributed by atoms with Crippen molar-refractivity contribution in [3.63, 3.8) is 0 Å². The molecule has 0 aliphatic heterocycles. The molecule has 25 heavy (non-hydrogen) atoms. The van der Waals surface area contributed by atoms with Crippen LogP contribution in [-0.4, -0.2) is 43.0 Å². The van der Waals surface area contributed by atoms with Crippen molar-refractivity contribution in [2.45, 2.75) is 65.5 Å². The number of hydrogen-bond donors (Lipinski definition) is 1. The van der Waals surface area contributed by atoms with Gasteiger partial charge in [-0.3, -0.25) is 14.6 Å². The van der Waals surface area contributed by atoms with Gasteiger partial charge >= 0.3 is 0 Å². The summed E-state index contributed by atoms with van der Waals surface area (Å²) in [6.07, 6.45) is 9.63. The molecule has 0 aromatic carbocycles. The summed E-state index contributed by atoms with van der Waals surface area (Å²) in [6.45, 7) is 5.27. The first-order valence-electron chi connectivity index (χ1n) is 9.20. The molecule has 0 saturated heterocycles. The third-order valence-electron chi connectivity index (χ3n) is 5.27. The van der Waals surface area contributed by atoms with Gasteiger partial charge in [0.25, 0.3) is 5.91 Å². The fourth-order valence-electron chi connectivity index (χ4n) is 3.61. The summed E-state index contributed by atoms with van der Waals surface area (Å²) in [5.41, 5.74) is 3.38. The molecule has 2 aromatic heterocycles. The van der Waals surface area contributed by atoms with Gasteiger partial charge in [0.1, 0.15) is 0 Å². The molecule has 7 heteroatoms. The van der Waals surface area contributed by atoms with Gasteiger partial charge in [0.15, 0.2) is 5.69 Å². The number of amides is 1. The van der Waals surface area contributed by atoms with Gasteiger partial charge in [-0.05, 0) is 26.2 Å². The monoisotopic (exact) mass is 344 g/mol. The number of carbonyl (C=O) groups excluding carboxylic acids is 1. The summed E-state index contributed by atoms with van der Waals surface area (Å²) < 4.78 is 1.81. The Labute approximate surface area is 148 Å². The summed E-state index contributed by atoms with van der Waals surface area (Å²) >= 11 is 0. The highest BCUT2D eigenvalue weighted by Crippen LogP contribution is 2.26. The number of nitrogens with one attached hydrogen (secondary N) is 1. The van der Waals surface area contributed by atoms with Gasteiger partial charge in [-0.2, -0.15) is 5.10 Å². The van der Waals surface area contributed by atoms with E-state index in [1.54, 1.807) is 18.1 Å². The van der Waals surface area contributed by atoms with E-state index in [1.807, 2.05) is 18.5 Å². The van der Waals surface area contributed by atoms with Crippen LogP contribution in [0.1, 0.15) is 66.0 Å². The fourth-order valence-corrected chi connectivity index (χ4v) is 3.61. The van der Waals surface area contributed by atoms with E-state index in [0.717, 1.165) is 35.8 Å². The zero-order chi connectivity index (χ0) is 17.8. The summed E-state index contributed by atoms with van der Waals surface area (Å²) in [4.78, 5) is 14.3. The van der Waals surface area contributed by atoms with E-state index in [-0.39, 0.29) is 5.91 Å². The molecule has 3 rings (SSSR count). The Morgan fingerprint density at radius 3 is 2.76 bits per heavy atom. The van der Waals surface area contributed by atoms with Gasteiger partial charge in [0.2, 0.25) is 0 Å². The molecule has 7 nitrogen and oxygen atoms in total. The van der Waals surface area contributed by atoms with Crippen LogP contribution in [0.2, 0.25) is 0 Å². The molecule has 0 atom stereocenters. The predicted molar refractivity (Wildman–Crippen MR) is 95.1 cm³/mol. The van der Waals surface area contributed by atoms with Gasteiger partial charge in [0.05, 0.1) is 11.9 Å². The van der Waals surface area contributed by atoms with Crippen LogP contribution < -0.4 is 0 Å². The SMILES string of the molecule is Cc1n[nH]c(C)c1CN(C)C(=O)c1cn(CCC2CCCCC2)nn1. The smallest absolute Gasteiger partial charge is 0.276 e. The van der Waals surface area contributed by atoms with Gasteiger partial charge in [-0.15, -0.1) is 5.10 Å². The number of rotatable bonds is 6. The number of nitrogens with zero attached hydrogens (tertiary/aromatic N) is 5. The average molecular weight is 344 g/mol. The summed E-state index contributed by atoms with van der Waals surface area (Å²) in [7, 11) is 1.79. The first kappa shape index (κ1) is 17.6. The first-order chi connectivity index (χ1) is 12.0. The van der Waals surface area contributed by atoms with E-state index in [9.17, 15) is 4.79 Å². The lowest BCUT2D eigenvalue weighted by atomic mass is 9.87. The standard InChI is InChI=1S/C18H28N6O/c1-13-16(14(2)20-19-13)11-23(3)18(25)17-12-24(22-21-17)10-9-15-7-5-4-6-8-15/h12,15H,4-11H2,1-3H3,(H,19,20). The van der Waals surface area contributed by atoms with Gasteiger partial charge < -0.3 is 4.90 Å². The van der Waals surface area contributed by atoms with Crippen LogP contribution in [-0.2, 0) is 13.1 Å². The lowest BCUT2D eigenvalue weighted by molar-refractivity contribution is 0.0779. The van der Waals surface area contributed by atoms with Crippen molar-refractivity contribution in [1.82, 2.24) is 30.1 Å². The largest absolute Gasteiger partial charge is 0.336 e. The van der Waals surface area contributed by atoms with Crippen LogP contribution in [0.5, 0.6) is 0 Å². The molecule has 1 amide bonds. The topological polar surface area (TPSA) is 79.7 Å². The lowest BCUT2D eigenvalue weighted by Gasteiger charge is -2.20. The predicted octanol–water partition coefficient (Wildman–Crippen LogP) is 2.86. The highest BCUT2D eigenvalue weighted by Gasteiger charge is 2.19. The maximum absolute atomic E-state index is 12.6. The third kappa shape index (κ3) is 4.27. The van der Waals surface area contributed by atoms with Crippen LogP contribution in [0.15, 0.2) is 6.20 Å². The van der Waals surface area contributed by atoms with Crippen molar-refractivity contribution in [3.8, 4) is 0 Å². The summed E-state index contributed by atoms with van der Waals surface area (Å²) in [5.74, 6) is 0.690. The third-order valence-corrected chi connectivity index (χ3v) is 5.27. The summed E-state index contributed by atoms with van der Waals surface area (Å²) in [6, 6.07) is 0. The molecule has 1 aliphatic carbocycles. The Hall–Kier alpha value is -2.18. The molecule has 0 unspecified atom stereocenters. The number of carbonyl (C=O) groups is 1. The van der Waals surface area contributed by atoms with Crippen molar-refractivity contribution in [1.29, 1.82) is 0 Å². The lowest BCUT2D eigenvalue weighted by Crippen LogP contribution is -2.27. The van der Waals surface area contributed by atoms with E-state index < -0.39 is 0 Å². The molecule has 1 saturated carbocycles. The van der Waals surface area contributed by atoms with Crippen LogP contribution in [0.4, 0.5) is 0 Å². The molecule has 2 heterocycles. The van der Waals surface area contributed by atoms with E-state index in [4.69, 9.17) is 0 Å². The highest BCUT2D eigenvalue weighted by molar-refractivity contribution is 5.91. The maximum atomic E-state index is 12.6. The molecule has 2 aromatic rings. The van der Waals surface area contributed by atoms with E-state index in [2.05, 4.69) is 20.5 Å². The van der Waals surface area contributed by atoms with Gasteiger partial charge in [0, 0.05) is 31.4 Å². The molecule has 0 spiro atoms. The second kappa shape index (κ2) is 7.80. The molecule has 136 valence electrons. The first-order valence-corrected chi connectivity index (χ1v) is 9.20. The van der Waals surface area contributed by atoms with Crippen LogP contribution in [0.25, 0.3) is 0 Å². The second-order valence-electron chi connectivity index (χ2n) is 7.23. The minimum absolute atomic E-state index is 0.107. The molecule has 0 bridgehead atoms. The zero-order valence-electron chi connectivity index (χ0n) is 15.5. The normalized spacial score (nSPS) is 15.5. The van der Waals surface area contributed by atoms with E-state index in [0.29, 0.717) is 12.2 Å². The Kier molecular flexibility index (Phi) is 5.50. The van der Waals surface area contributed by atoms with Gasteiger partial charge in [-0.1, -0.05) is 37.3 Å². The van der Waals surface area contributed by atoms with Crippen LogP contribution in [0, 0.1) is 19.8 Å². The number of hydrogen-bond acceptors (Lipinski definition) is 4. The highest BCUT2D eigenvalue weighted by atomic mass is 16.2. The van der Waals surface area contributed by atoms with Crippen molar-refractivity contribution in [2.24, 2.45) is 5.92 Å². The Morgan fingerprint density at radius 1 is 1.32 bits per heavy atom. The second-order valence-corrected chi connectivity index (χ2v) is 7.23. The Bertz CT molecular complexity index is 693. The summed E-state index contributed by atoms with van der Waals surface area (Å²) in [5, 5.41) is 15.3. The van der Waals surface area contributed by atoms with Crippen LogP contribution in [0.3, 0.4) is 0 Å². The minimum atomic E-state index is -0.107. The van der Waals surface area contributed by atoms with Gasteiger partial charge in [-0.25, -0.2) is 0 Å². The average Bonchev–Trinajstić information content (AvgIpc) is 3.22. The van der Waals surface area contributed by atoms with Crippen molar-refractivity contribution < 1.29 is 4.79 Å². The number of H-pyrrole nitrogens is 1. The van der Waals surface area contributed by atoms with E-state index >= 15 is 0 Å². The number of aromatic nitrogens is 5. The van der Waals surface area contributed by atoms with Crippen molar-refractivity contribution >= 4 is 5.91 Å². The molecule has 1 N–H and O–H groups in total. The van der Waals surface area contributed by atoms with E-state index in [1.165, 1.54) is 32.1 Å². The molecule has 0 radical (unpaired) electrons. The Morgan fingerprint density at radius 2 is 2.08 bits per heavy atom. The number of aromatic amines is 1. The molecule has 1 fully saturated rings. The molecular formula is C18H28N6O. The van der Waals surface area contributed by atoms with Crippen molar-refractivity contribution in [3.05, 3.63) is 28.8 Å². The maximum Gasteiger partial charge on any atom is 0.276 e. The number of aryl methyl sites for hydroxylation is 3. The zero-order valence-corrected chi connectivity index (χ0v) is 15.5. The van der Waals surface area contributed by atoms with Crippen molar-refractivity contribution in [2.75, 3.05) is 7.05 Å². The fraction of sp³-hybridized carbons (Fsp3) is 0.667. The minimum Gasteiger partial charge on any atom is -0.336 e. The quantitative estimate of drug-likeness (QED) is 0.874. The molecular weight excluding hydrogens is 316 g/mol. The Balaban J connectivity index is 1.56. The molecule has 1 aliphatic rings.